The number of unbranched alkanes of at least 4 members (excludes halogenated alkanes) is 1. The normalized spacial score (nSPS) is 12.0. The summed E-state index contributed by atoms with van der Waals surface area (Å²) >= 11 is 0. The number of carboxylic acid groups (broad SMARTS) is 1. The van der Waals surface area contributed by atoms with E-state index >= 15 is 0 Å². The van der Waals surface area contributed by atoms with Gasteiger partial charge in [0.05, 0.1) is 0 Å². The quantitative estimate of drug-likeness (QED) is 0.627. The second-order valence-corrected chi connectivity index (χ2v) is 4.35. The summed E-state index contributed by atoms with van der Waals surface area (Å²) < 4.78 is 52.8. The van der Waals surface area contributed by atoms with E-state index in [9.17, 15) is 27.2 Å². The molecule has 21 heavy (non-hydrogen) atoms. The third-order valence-electron chi connectivity index (χ3n) is 2.79. The predicted molar refractivity (Wildman–Crippen MR) is 64.7 cm³/mol. The Bertz CT molecular complexity index is 537. The molecule has 1 atom stereocenters. The summed E-state index contributed by atoms with van der Waals surface area (Å²) in [7, 11) is 0. The summed E-state index contributed by atoms with van der Waals surface area (Å²) in [5, 5.41) is 10.7. The second kappa shape index (κ2) is 7.05. The molecular weight excluding hydrogens is 294 g/mol. The molecule has 116 valence electrons. The molecule has 0 radical (unpaired) electrons. The fourth-order valence-corrected chi connectivity index (χ4v) is 1.67. The van der Waals surface area contributed by atoms with Crippen molar-refractivity contribution in [2.45, 2.75) is 32.2 Å². The molecule has 1 aromatic rings. The Hall–Kier alpha value is -2.12. The first kappa shape index (κ1) is 16.9. The maximum absolute atomic E-state index is 13.4. The Labute approximate surface area is 117 Å². The predicted octanol–water partition coefficient (Wildman–Crippen LogP) is 2.62. The van der Waals surface area contributed by atoms with Gasteiger partial charge in [-0.25, -0.2) is 22.4 Å². The molecule has 8 heteroatoms. The number of nitrogens with one attached hydrogen (secondary N) is 1. The van der Waals surface area contributed by atoms with Crippen LogP contribution in [0.15, 0.2) is 6.07 Å². The zero-order chi connectivity index (χ0) is 16.2. The van der Waals surface area contributed by atoms with Crippen LogP contribution in [0, 0.1) is 23.3 Å². The number of carboxylic acids is 1. The SMILES string of the molecule is CCCCC(NC(=O)c1c(F)c(F)cc(F)c1F)C(=O)O. The molecule has 0 aliphatic rings. The molecule has 0 aliphatic carbocycles. The monoisotopic (exact) mass is 307 g/mol. The first-order chi connectivity index (χ1) is 9.79. The van der Waals surface area contributed by atoms with E-state index in [1.165, 1.54) is 0 Å². The van der Waals surface area contributed by atoms with Crippen molar-refractivity contribution in [3.8, 4) is 0 Å². The number of carbonyl (C=O) groups excluding carboxylic acids is 1. The Balaban J connectivity index is 3.06. The molecule has 1 rings (SSSR count). The van der Waals surface area contributed by atoms with Gasteiger partial charge in [-0.2, -0.15) is 0 Å². The lowest BCUT2D eigenvalue weighted by Gasteiger charge is -2.15. The van der Waals surface area contributed by atoms with Gasteiger partial charge in [-0.05, 0) is 6.42 Å². The number of amides is 1. The van der Waals surface area contributed by atoms with Gasteiger partial charge in [0.2, 0.25) is 0 Å². The Kier molecular flexibility index (Phi) is 5.69. The average Bonchev–Trinajstić information content (AvgIpc) is 2.41. The molecule has 0 aromatic heterocycles. The molecule has 0 aliphatic heterocycles. The summed E-state index contributed by atoms with van der Waals surface area (Å²) in [6, 6.07) is -1.43. The lowest BCUT2D eigenvalue weighted by Crippen LogP contribution is -2.41. The van der Waals surface area contributed by atoms with Gasteiger partial charge >= 0.3 is 5.97 Å². The highest BCUT2D eigenvalue weighted by Gasteiger charge is 2.28. The first-order valence-electron chi connectivity index (χ1n) is 6.16. The zero-order valence-electron chi connectivity index (χ0n) is 11.1. The number of carbonyl (C=O) groups is 2. The van der Waals surface area contributed by atoms with Crippen LogP contribution in [0.4, 0.5) is 17.6 Å². The highest BCUT2D eigenvalue weighted by atomic mass is 19.2. The zero-order valence-corrected chi connectivity index (χ0v) is 11.1. The molecule has 2 N–H and O–H groups in total. The Morgan fingerprint density at radius 2 is 1.71 bits per heavy atom. The van der Waals surface area contributed by atoms with Gasteiger partial charge in [-0.15, -0.1) is 0 Å². The summed E-state index contributed by atoms with van der Waals surface area (Å²) in [6.45, 7) is 1.78. The molecule has 0 saturated carbocycles. The van der Waals surface area contributed by atoms with E-state index in [4.69, 9.17) is 5.11 Å². The minimum atomic E-state index is -1.87. The van der Waals surface area contributed by atoms with Crippen LogP contribution in [0.1, 0.15) is 36.5 Å². The van der Waals surface area contributed by atoms with Gasteiger partial charge in [0.1, 0.15) is 11.6 Å². The van der Waals surface area contributed by atoms with E-state index in [0.717, 1.165) is 0 Å². The van der Waals surface area contributed by atoms with Crippen LogP contribution in [0.3, 0.4) is 0 Å². The average molecular weight is 307 g/mol. The number of hydrogen-bond donors (Lipinski definition) is 2. The highest BCUT2D eigenvalue weighted by molar-refractivity contribution is 5.97. The van der Waals surface area contributed by atoms with E-state index in [0.29, 0.717) is 12.8 Å². The smallest absolute Gasteiger partial charge is 0.326 e. The molecule has 1 unspecified atom stereocenters. The fraction of sp³-hybridized carbons (Fsp3) is 0.385. The molecule has 4 nitrogen and oxygen atoms in total. The number of halogens is 4. The largest absolute Gasteiger partial charge is 0.480 e. The van der Waals surface area contributed by atoms with Crippen molar-refractivity contribution in [1.82, 2.24) is 5.32 Å². The first-order valence-corrected chi connectivity index (χ1v) is 6.16. The lowest BCUT2D eigenvalue weighted by molar-refractivity contribution is -0.139. The van der Waals surface area contributed by atoms with E-state index in [2.05, 4.69) is 0 Å². The Morgan fingerprint density at radius 1 is 1.19 bits per heavy atom. The standard InChI is InChI=1S/C13H13F4NO3/c1-2-3-4-8(13(20)21)18-12(19)9-10(16)6(14)5-7(15)11(9)17/h5,8H,2-4H2,1H3,(H,18,19)(H,20,21). The maximum Gasteiger partial charge on any atom is 0.326 e. The molecule has 0 saturated heterocycles. The van der Waals surface area contributed by atoms with Crippen LogP contribution in [-0.2, 0) is 4.79 Å². The summed E-state index contributed by atoms with van der Waals surface area (Å²) in [5.41, 5.74) is -1.48. The maximum atomic E-state index is 13.4. The Morgan fingerprint density at radius 3 is 2.14 bits per heavy atom. The molecular formula is C13H13F4NO3. The van der Waals surface area contributed by atoms with Crippen molar-refractivity contribution in [1.29, 1.82) is 0 Å². The molecule has 1 amide bonds. The van der Waals surface area contributed by atoms with E-state index < -0.39 is 46.8 Å². The second-order valence-electron chi connectivity index (χ2n) is 4.35. The van der Waals surface area contributed by atoms with Crippen LogP contribution in [0.25, 0.3) is 0 Å². The van der Waals surface area contributed by atoms with Crippen LogP contribution in [0.5, 0.6) is 0 Å². The van der Waals surface area contributed by atoms with E-state index in [-0.39, 0.29) is 12.5 Å². The number of hydrogen-bond acceptors (Lipinski definition) is 2. The van der Waals surface area contributed by atoms with Crippen LogP contribution in [0.2, 0.25) is 0 Å². The topological polar surface area (TPSA) is 66.4 Å². The summed E-state index contributed by atoms with van der Waals surface area (Å²) in [5.74, 6) is -10.1. The summed E-state index contributed by atoms with van der Waals surface area (Å²) in [4.78, 5) is 22.6. The van der Waals surface area contributed by atoms with E-state index in [1.807, 2.05) is 5.32 Å². The molecule has 1 aromatic carbocycles. The molecule has 0 spiro atoms. The van der Waals surface area contributed by atoms with Gasteiger partial charge in [0.25, 0.3) is 5.91 Å². The van der Waals surface area contributed by atoms with Crippen molar-refractivity contribution in [2.75, 3.05) is 0 Å². The van der Waals surface area contributed by atoms with Gasteiger partial charge < -0.3 is 10.4 Å². The minimum Gasteiger partial charge on any atom is -0.480 e. The fourth-order valence-electron chi connectivity index (χ4n) is 1.67. The highest BCUT2D eigenvalue weighted by Crippen LogP contribution is 2.19. The van der Waals surface area contributed by atoms with Crippen molar-refractivity contribution in [3.63, 3.8) is 0 Å². The van der Waals surface area contributed by atoms with Crippen LogP contribution in [-0.4, -0.2) is 23.0 Å². The lowest BCUT2D eigenvalue weighted by atomic mass is 10.1. The van der Waals surface area contributed by atoms with Gasteiger partial charge in [0, 0.05) is 6.07 Å². The number of benzene rings is 1. The molecule has 0 heterocycles. The van der Waals surface area contributed by atoms with Crippen LogP contribution < -0.4 is 5.32 Å². The van der Waals surface area contributed by atoms with Crippen molar-refractivity contribution < 1.29 is 32.3 Å². The molecule has 0 fully saturated rings. The van der Waals surface area contributed by atoms with Gasteiger partial charge in [-0.1, -0.05) is 19.8 Å². The number of aliphatic carboxylic acids is 1. The third-order valence-corrected chi connectivity index (χ3v) is 2.79. The summed E-state index contributed by atoms with van der Waals surface area (Å²) in [6.07, 6.45) is 1.11. The van der Waals surface area contributed by atoms with Crippen molar-refractivity contribution in [2.24, 2.45) is 0 Å². The van der Waals surface area contributed by atoms with Crippen molar-refractivity contribution >= 4 is 11.9 Å². The van der Waals surface area contributed by atoms with Crippen molar-refractivity contribution in [3.05, 3.63) is 34.9 Å². The third kappa shape index (κ3) is 3.93. The van der Waals surface area contributed by atoms with E-state index in [1.54, 1.807) is 6.92 Å². The molecule has 0 bridgehead atoms. The number of rotatable bonds is 6. The van der Waals surface area contributed by atoms with Gasteiger partial charge in [-0.3, -0.25) is 4.79 Å². The minimum absolute atomic E-state index is 0.0264. The van der Waals surface area contributed by atoms with Gasteiger partial charge in [0.15, 0.2) is 23.3 Å². The van der Waals surface area contributed by atoms with Crippen LogP contribution >= 0.6 is 0 Å².